The molecule has 0 aliphatic carbocycles. The SMILES string of the molecule is COP(=O)(OC)C(C)C(C)=O. The second-order valence-electron chi connectivity index (χ2n) is 2.19. The number of carbonyl (C=O) groups is 1. The van der Waals surface area contributed by atoms with Crippen LogP contribution in [-0.4, -0.2) is 25.7 Å². The summed E-state index contributed by atoms with van der Waals surface area (Å²) in [6, 6.07) is 0. The average molecular weight is 180 g/mol. The number of Topliss-reactive ketones (excluding diaryl/α,β-unsaturated/α-hetero) is 1. The quantitative estimate of drug-likeness (QED) is 0.614. The molecule has 0 spiro atoms. The van der Waals surface area contributed by atoms with Crippen molar-refractivity contribution in [2.24, 2.45) is 0 Å². The first-order valence-corrected chi connectivity index (χ1v) is 4.80. The van der Waals surface area contributed by atoms with E-state index < -0.39 is 13.3 Å². The van der Waals surface area contributed by atoms with Gasteiger partial charge in [0.05, 0.1) is 0 Å². The molecule has 0 aromatic heterocycles. The first-order chi connectivity index (χ1) is 4.98. The van der Waals surface area contributed by atoms with E-state index in [1.165, 1.54) is 28.1 Å². The van der Waals surface area contributed by atoms with Crippen LogP contribution < -0.4 is 0 Å². The Bertz CT molecular complexity index is 181. The molecule has 0 saturated heterocycles. The second-order valence-corrected chi connectivity index (χ2v) is 4.78. The highest BCUT2D eigenvalue weighted by molar-refractivity contribution is 7.55. The van der Waals surface area contributed by atoms with Crippen LogP contribution in [0.4, 0.5) is 0 Å². The number of hydrogen-bond donors (Lipinski definition) is 0. The van der Waals surface area contributed by atoms with Gasteiger partial charge in [0.25, 0.3) is 0 Å². The van der Waals surface area contributed by atoms with E-state index in [0.29, 0.717) is 0 Å². The van der Waals surface area contributed by atoms with E-state index >= 15 is 0 Å². The van der Waals surface area contributed by atoms with E-state index in [0.717, 1.165) is 0 Å². The fraction of sp³-hybridized carbons (Fsp3) is 0.833. The van der Waals surface area contributed by atoms with Crippen LogP contribution in [0.15, 0.2) is 0 Å². The maximum Gasteiger partial charge on any atom is 0.340 e. The molecule has 4 nitrogen and oxygen atoms in total. The van der Waals surface area contributed by atoms with Crippen molar-refractivity contribution in [3.8, 4) is 0 Å². The van der Waals surface area contributed by atoms with Crippen LogP contribution in [0.1, 0.15) is 13.8 Å². The van der Waals surface area contributed by atoms with Crippen LogP contribution in [-0.2, 0) is 18.4 Å². The first kappa shape index (κ1) is 10.8. The van der Waals surface area contributed by atoms with E-state index in [1.54, 1.807) is 0 Å². The molecule has 0 saturated carbocycles. The predicted molar refractivity (Wildman–Crippen MR) is 41.8 cm³/mol. The van der Waals surface area contributed by atoms with Crippen molar-refractivity contribution in [1.82, 2.24) is 0 Å². The lowest BCUT2D eigenvalue weighted by Gasteiger charge is -2.17. The lowest BCUT2D eigenvalue weighted by Crippen LogP contribution is -2.15. The highest BCUT2D eigenvalue weighted by Gasteiger charge is 2.33. The minimum Gasteiger partial charge on any atom is -0.311 e. The number of hydrogen-bond acceptors (Lipinski definition) is 4. The van der Waals surface area contributed by atoms with Crippen LogP contribution in [0.25, 0.3) is 0 Å². The molecule has 0 fully saturated rings. The third-order valence-electron chi connectivity index (χ3n) is 1.57. The monoisotopic (exact) mass is 180 g/mol. The summed E-state index contributed by atoms with van der Waals surface area (Å²) >= 11 is 0. The van der Waals surface area contributed by atoms with E-state index in [4.69, 9.17) is 0 Å². The molecule has 0 N–H and O–H groups in total. The summed E-state index contributed by atoms with van der Waals surface area (Å²) in [6.45, 7) is 2.88. The Morgan fingerprint density at radius 1 is 1.36 bits per heavy atom. The standard InChI is InChI=1S/C6H13O4P/c1-5(7)6(2)11(8,9-3)10-4/h6H,1-4H3. The van der Waals surface area contributed by atoms with Gasteiger partial charge in [0.1, 0.15) is 11.4 Å². The van der Waals surface area contributed by atoms with Gasteiger partial charge in [-0.15, -0.1) is 0 Å². The molecule has 0 aromatic carbocycles. The van der Waals surface area contributed by atoms with Gasteiger partial charge in [0, 0.05) is 14.2 Å². The molecule has 0 bridgehead atoms. The van der Waals surface area contributed by atoms with Gasteiger partial charge in [0.15, 0.2) is 0 Å². The summed E-state index contributed by atoms with van der Waals surface area (Å²) in [5.74, 6) is -0.197. The maximum absolute atomic E-state index is 11.4. The van der Waals surface area contributed by atoms with Gasteiger partial charge in [0.2, 0.25) is 0 Å². The Kier molecular flexibility index (Phi) is 3.93. The van der Waals surface area contributed by atoms with Crippen molar-refractivity contribution in [1.29, 1.82) is 0 Å². The first-order valence-electron chi connectivity index (χ1n) is 3.19. The van der Waals surface area contributed by atoms with Crippen molar-refractivity contribution >= 4 is 13.4 Å². The minimum absolute atomic E-state index is 0.197. The topological polar surface area (TPSA) is 52.6 Å². The summed E-state index contributed by atoms with van der Waals surface area (Å²) in [5, 5.41) is 0. The zero-order valence-corrected chi connectivity index (χ0v) is 8.05. The fourth-order valence-electron chi connectivity index (χ4n) is 0.613. The zero-order valence-electron chi connectivity index (χ0n) is 7.16. The smallest absolute Gasteiger partial charge is 0.311 e. The van der Waals surface area contributed by atoms with Crippen LogP contribution in [0, 0.1) is 0 Å². The number of carbonyl (C=O) groups excluding carboxylic acids is 1. The van der Waals surface area contributed by atoms with Gasteiger partial charge in [-0.2, -0.15) is 0 Å². The molecule has 1 atom stereocenters. The summed E-state index contributed by atoms with van der Waals surface area (Å²) in [6.07, 6.45) is 0. The second kappa shape index (κ2) is 4.00. The largest absolute Gasteiger partial charge is 0.340 e. The molecular weight excluding hydrogens is 167 g/mol. The normalized spacial score (nSPS) is 14.5. The third-order valence-corrected chi connectivity index (χ3v) is 3.90. The van der Waals surface area contributed by atoms with Crippen LogP contribution in [0.5, 0.6) is 0 Å². The summed E-state index contributed by atoms with van der Waals surface area (Å²) in [4.78, 5) is 10.8. The Morgan fingerprint density at radius 2 is 1.73 bits per heavy atom. The Morgan fingerprint density at radius 3 is 1.82 bits per heavy atom. The maximum atomic E-state index is 11.4. The lowest BCUT2D eigenvalue weighted by atomic mass is 10.3. The van der Waals surface area contributed by atoms with E-state index in [1.807, 2.05) is 0 Å². The average Bonchev–Trinajstić information content (AvgIpc) is 2.01. The molecule has 66 valence electrons. The van der Waals surface area contributed by atoms with E-state index in [9.17, 15) is 9.36 Å². The van der Waals surface area contributed by atoms with E-state index in [-0.39, 0.29) is 5.78 Å². The van der Waals surface area contributed by atoms with Crippen molar-refractivity contribution in [3.05, 3.63) is 0 Å². The van der Waals surface area contributed by atoms with Crippen molar-refractivity contribution in [2.45, 2.75) is 19.5 Å². The van der Waals surface area contributed by atoms with Gasteiger partial charge in [-0.3, -0.25) is 9.36 Å². The molecule has 0 heterocycles. The van der Waals surface area contributed by atoms with E-state index in [2.05, 4.69) is 9.05 Å². The Balaban J connectivity index is 4.51. The number of ketones is 1. The van der Waals surface area contributed by atoms with Crippen molar-refractivity contribution in [2.75, 3.05) is 14.2 Å². The van der Waals surface area contributed by atoms with Crippen LogP contribution in [0.3, 0.4) is 0 Å². The molecular formula is C6H13O4P. The van der Waals surface area contributed by atoms with Crippen LogP contribution in [0.2, 0.25) is 0 Å². The molecule has 0 aromatic rings. The Hall–Kier alpha value is -0.180. The molecule has 1 unspecified atom stereocenters. The van der Waals surface area contributed by atoms with Gasteiger partial charge in [-0.05, 0) is 13.8 Å². The third kappa shape index (κ3) is 2.40. The molecule has 0 rings (SSSR count). The van der Waals surface area contributed by atoms with Gasteiger partial charge >= 0.3 is 7.60 Å². The fourth-order valence-corrected chi connectivity index (χ4v) is 1.84. The molecule has 5 heteroatoms. The summed E-state index contributed by atoms with van der Waals surface area (Å²) in [7, 11) is -0.643. The summed E-state index contributed by atoms with van der Waals surface area (Å²) in [5.41, 5.74) is -0.683. The molecule has 0 radical (unpaired) electrons. The molecule has 0 aliphatic heterocycles. The number of rotatable bonds is 4. The summed E-state index contributed by atoms with van der Waals surface area (Å²) < 4.78 is 20.7. The van der Waals surface area contributed by atoms with Gasteiger partial charge < -0.3 is 9.05 Å². The highest BCUT2D eigenvalue weighted by Crippen LogP contribution is 2.51. The Labute approximate surface area is 66.4 Å². The van der Waals surface area contributed by atoms with Crippen molar-refractivity contribution in [3.63, 3.8) is 0 Å². The zero-order chi connectivity index (χ0) is 9.07. The molecule has 0 amide bonds. The van der Waals surface area contributed by atoms with Crippen molar-refractivity contribution < 1.29 is 18.4 Å². The van der Waals surface area contributed by atoms with Gasteiger partial charge in [-0.1, -0.05) is 0 Å². The molecule has 0 aliphatic rings. The predicted octanol–water partition coefficient (Wildman–Crippen LogP) is 1.45. The molecule has 11 heavy (non-hydrogen) atoms. The minimum atomic E-state index is -3.18. The van der Waals surface area contributed by atoms with Crippen LogP contribution >= 0.6 is 7.60 Å². The van der Waals surface area contributed by atoms with Gasteiger partial charge in [-0.25, -0.2) is 0 Å². The highest BCUT2D eigenvalue weighted by atomic mass is 31.2. The lowest BCUT2D eigenvalue weighted by molar-refractivity contribution is -0.116.